The van der Waals surface area contributed by atoms with Gasteiger partial charge >= 0.3 is 11.8 Å². The number of carbonyl (C=O) groups is 2. The van der Waals surface area contributed by atoms with Crippen molar-refractivity contribution in [2.24, 2.45) is 0 Å². The van der Waals surface area contributed by atoms with Gasteiger partial charge in [-0.2, -0.15) is 0 Å². The van der Waals surface area contributed by atoms with Gasteiger partial charge < -0.3 is 15.4 Å². The summed E-state index contributed by atoms with van der Waals surface area (Å²) >= 11 is 5.65. The highest BCUT2D eigenvalue weighted by atomic mass is 35.5. The minimum Gasteiger partial charge on any atom is -0.493 e. The Balaban J connectivity index is 1.67. The van der Waals surface area contributed by atoms with Gasteiger partial charge in [-0.25, -0.2) is 4.39 Å². The molecule has 0 aromatic heterocycles. The molecule has 24 heavy (non-hydrogen) atoms. The molecule has 1 aliphatic rings. The maximum Gasteiger partial charge on any atom is 0.313 e. The van der Waals surface area contributed by atoms with Crippen molar-refractivity contribution >= 4 is 29.1 Å². The van der Waals surface area contributed by atoms with E-state index in [-0.39, 0.29) is 16.8 Å². The molecule has 3 rings (SSSR count). The van der Waals surface area contributed by atoms with E-state index in [0.29, 0.717) is 18.8 Å². The van der Waals surface area contributed by atoms with E-state index in [9.17, 15) is 14.0 Å². The van der Waals surface area contributed by atoms with Crippen molar-refractivity contribution < 1.29 is 18.7 Å². The maximum absolute atomic E-state index is 13.1. The van der Waals surface area contributed by atoms with Crippen LogP contribution in [0.3, 0.4) is 0 Å². The zero-order chi connectivity index (χ0) is 17.1. The van der Waals surface area contributed by atoms with E-state index in [2.05, 4.69) is 10.6 Å². The van der Waals surface area contributed by atoms with Crippen LogP contribution in [0.15, 0.2) is 42.5 Å². The lowest BCUT2D eigenvalue weighted by atomic mass is 10.0. The molecule has 0 aliphatic carbocycles. The van der Waals surface area contributed by atoms with Gasteiger partial charge in [0.2, 0.25) is 0 Å². The molecular formula is C17H14ClFN2O3. The van der Waals surface area contributed by atoms with Crippen molar-refractivity contribution in [3.8, 4) is 5.75 Å². The van der Waals surface area contributed by atoms with Crippen LogP contribution in [0.1, 0.15) is 18.0 Å². The summed E-state index contributed by atoms with van der Waals surface area (Å²) in [6.45, 7) is 0.456. The van der Waals surface area contributed by atoms with Crippen LogP contribution >= 0.6 is 11.6 Å². The first-order chi connectivity index (χ1) is 11.5. The van der Waals surface area contributed by atoms with E-state index < -0.39 is 17.6 Å². The third kappa shape index (κ3) is 3.49. The van der Waals surface area contributed by atoms with Crippen LogP contribution in [-0.4, -0.2) is 18.4 Å². The average Bonchev–Trinajstić information content (AvgIpc) is 2.58. The Kier molecular flexibility index (Phi) is 4.66. The molecule has 7 heteroatoms. The average molecular weight is 349 g/mol. The number of fused-ring (bicyclic) bond motifs is 1. The number of benzene rings is 2. The van der Waals surface area contributed by atoms with Gasteiger partial charge in [-0.3, -0.25) is 9.59 Å². The molecule has 0 radical (unpaired) electrons. The third-order valence-electron chi connectivity index (χ3n) is 3.65. The Morgan fingerprint density at radius 2 is 1.96 bits per heavy atom. The second-order valence-corrected chi connectivity index (χ2v) is 5.69. The molecule has 1 heterocycles. The summed E-state index contributed by atoms with van der Waals surface area (Å²) in [4.78, 5) is 24.1. The Morgan fingerprint density at radius 1 is 1.17 bits per heavy atom. The number of para-hydroxylation sites is 1. The van der Waals surface area contributed by atoms with Crippen LogP contribution in [0.5, 0.6) is 5.75 Å². The Morgan fingerprint density at radius 3 is 2.75 bits per heavy atom. The SMILES string of the molecule is O=C(Nc1ccc(F)c(Cl)c1)C(=O)N[C@@H]1CCOc2ccccc21. The number of halogens is 2. The fraction of sp³-hybridized carbons (Fsp3) is 0.176. The minimum atomic E-state index is -0.846. The van der Waals surface area contributed by atoms with E-state index in [1.807, 2.05) is 24.3 Å². The second kappa shape index (κ2) is 6.88. The lowest BCUT2D eigenvalue weighted by molar-refractivity contribution is -0.136. The lowest BCUT2D eigenvalue weighted by Crippen LogP contribution is -2.39. The first-order valence-electron chi connectivity index (χ1n) is 7.33. The van der Waals surface area contributed by atoms with Crippen LogP contribution in [0, 0.1) is 5.82 Å². The predicted octanol–water partition coefficient (Wildman–Crippen LogP) is 3.06. The summed E-state index contributed by atoms with van der Waals surface area (Å²) in [7, 11) is 0. The van der Waals surface area contributed by atoms with Crippen LogP contribution in [0.2, 0.25) is 5.02 Å². The van der Waals surface area contributed by atoms with Crippen molar-refractivity contribution in [2.75, 3.05) is 11.9 Å². The molecule has 2 amide bonds. The molecule has 5 nitrogen and oxygen atoms in total. The van der Waals surface area contributed by atoms with Gasteiger partial charge in [0.1, 0.15) is 11.6 Å². The van der Waals surface area contributed by atoms with Crippen molar-refractivity contribution in [1.82, 2.24) is 5.32 Å². The summed E-state index contributed by atoms with van der Waals surface area (Å²) in [6, 6.07) is 10.7. The van der Waals surface area contributed by atoms with E-state index in [1.165, 1.54) is 12.1 Å². The molecule has 1 atom stereocenters. The van der Waals surface area contributed by atoms with Gasteiger partial charge in [0.15, 0.2) is 0 Å². The van der Waals surface area contributed by atoms with Crippen molar-refractivity contribution in [2.45, 2.75) is 12.5 Å². The minimum absolute atomic E-state index is 0.133. The fourth-order valence-corrected chi connectivity index (χ4v) is 2.66. The topological polar surface area (TPSA) is 67.4 Å². The van der Waals surface area contributed by atoms with Crippen LogP contribution < -0.4 is 15.4 Å². The number of rotatable bonds is 2. The van der Waals surface area contributed by atoms with Crippen LogP contribution in [0.4, 0.5) is 10.1 Å². The molecule has 2 N–H and O–H groups in total. The molecule has 0 saturated carbocycles. The largest absolute Gasteiger partial charge is 0.493 e. The number of anilines is 1. The quantitative estimate of drug-likeness (QED) is 0.820. The molecule has 0 bridgehead atoms. The van der Waals surface area contributed by atoms with Crippen LogP contribution in [-0.2, 0) is 9.59 Å². The molecule has 0 spiro atoms. The highest BCUT2D eigenvalue weighted by Gasteiger charge is 2.25. The van der Waals surface area contributed by atoms with Gasteiger partial charge in [-0.1, -0.05) is 29.8 Å². The second-order valence-electron chi connectivity index (χ2n) is 5.28. The molecule has 0 unspecified atom stereocenters. The first kappa shape index (κ1) is 16.3. The molecule has 0 fully saturated rings. The van der Waals surface area contributed by atoms with E-state index in [1.54, 1.807) is 0 Å². The summed E-state index contributed by atoms with van der Waals surface area (Å²) in [5.74, 6) is -1.53. The predicted molar refractivity (Wildman–Crippen MR) is 87.5 cm³/mol. The van der Waals surface area contributed by atoms with Gasteiger partial charge in [0, 0.05) is 17.7 Å². The zero-order valence-corrected chi connectivity index (χ0v) is 13.3. The number of hydrogen-bond acceptors (Lipinski definition) is 3. The van der Waals surface area contributed by atoms with Gasteiger partial charge in [0.25, 0.3) is 0 Å². The number of hydrogen-bond donors (Lipinski definition) is 2. The monoisotopic (exact) mass is 348 g/mol. The zero-order valence-electron chi connectivity index (χ0n) is 12.5. The van der Waals surface area contributed by atoms with Gasteiger partial charge in [-0.05, 0) is 24.3 Å². The van der Waals surface area contributed by atoms with Crippen molar-refractivity contribution in [3.05, 3.63) is 58.9 Å². The molecular weight excluding hydrogens is 335 g/mol. The highest BCUT2D eigenvalue weighted by Crippen LogP contribution is 2.31. The lowest BCUT2D eigenvalue weighted by Gasteiger charge is -2.26. The fourth-order valence-electron chi connectivity index (χ4n) is 2.48. The Labute approximate surface area is 142 Å². The first-order valence-corrected chi connectivity index (χ1v) is 7.71. The normalized spacial score (nSPS) is 15.8. The smallest absolute Gasteiger partial charge is 0.313 e. The van der Waals surface area contributed by atoms with E-state index in [0.717, 1.165) is 11.6 Å². The molecule has 0 saturated heterocycles. The molecule has 2 aromatic rings. The van der Waals surface area contributed by atoms with Crippen LogP contribution in [0.25, 0.3) is 0 Å². The molecule has 2 aromatic carbocycles. The van der Waals surface area contributed by atoms with Crippen molar-refractivity contribution in [1.29, 1.82) is 0 Å². The number of amides is 2. The summed E-state index contributed by atoms with van der Waals surface area (Å²) in [6.07, 6.45) is 0.568. The third-order valence-corrected chi connectivity index (χ3v) is 3.94. The Bertz CT molecular complexity index is 797. The summed E-state index contributed by atoms with van der Waals surface area (Å²) < 4.78 is 18.6. The standard InChI is InChI=1S/C17H14ClFN2O3/c18-12-9-10(5-6-13(12)19)20-16(22)17(23)21-14-7-8-24-15-4-2-1-3-11(14)15/h1-6,9,14H,7-8H2,(H,20,22)(H,21,23)/t14-/m1/s1. The Hall–Kier alpha value is -2.60. The maximum atomic E-state index is 13.1. The molecule has 124 valence electrons. The van der Waals surface area contributed by atoms with Gasteiger partial charge in [0.05, 0.1) is 17.7 Å². The van der Waals surface area contributed by atoms with Crippen molar-refractivity contribution in [3.63, 3.8) is 0 Å². The number of ether oxygens (including phenoxy) is 1. The summed E-state index contributed by atoms with van der Waals surface area (Å²) in [5, 5.41) is 4.94. The van der Waals surface area contributed by atoms with E-state index in [4.69, 9.17) is 16.3 Å². The van der Waals surface area contributed by atoms with Gasteiger partial charge in [-0.15, -0.1) is 0 Å². The van der Waals surface area contributed by atoms with E-state index >= 15 is 0 Å². The summed E-state index contributed by atoms with van der Waals surface area (Å²) in [5.41, 5.74) is 1.07. The number of nitrogens with one attached hydrogen (secondary N) is 2. The highest BCUT2D eigenvalue weighted by molar-refractivity contribution is 6.40. The number of carbonyl (C=O) groups excluding carboxylic acids is 2. The molecule has 1 aliphatic heterocycles.